The summed E-state index contributed by atoms with van der Waals surface area (Å²) in [5, 5.41) is 0. The van der Waals surface area contributed by atoms with Gasteiger partial charge in [-0.3, -0.25) is 0 Å². The molecule has 3 heteroatoms. The Bertz CT molecular complexity index is 53.6. The average molecular weight is 168 g/mol. The standard InChI is InChI=1S/C5H12S3/c1-3-5(7)8-4(2)6/h4-7H,3H2,1-2H3. The van der Waals surface area contributed by atoms with Crippen LogP contribution in [0.2, 0.25) is 0 Å². The molecule has 0 bridgehead atoms. The zero-order valence-electron chi connectivity index (χ0n) is 5.16. The molecule has 0 aliphatic carbocycles. The number of hydrogen-bond donors (Lipinski definition) is 2. The highest BCUT2D eigenvalue weighted by molar-refractivity contribution is 8.16. The monoisotopic (exact) mass is 168 g/mol. The lowest BCUT2D eigenvalue weighted by Crippen LogP contribution is -1.93. The van der Waals surface area contributed by atoms with Crippen LogP contribution < -0.4 is 0 Å². The molecule has 0 aliphatic heterocycles. The molecule has 0 saturated heterocycles. The molecule has 0 rings (SSSR count). The summed E-state index contributed by atoms with van der Waals surface area (Å²) in [6.45, 7) is 4.19. The molecule has 2 unspecified atom stereocenters. The number of thioether (sulfide) groups is 1. The van der Waals surface area contributed by atoms with E-state index in [4.69, 9.17) is 0 Å². The largest absolute Gasteiger partial charge is 0.165 e. The van der Waals surface area contributed by atoms with Crippen molar-refractivity contribution in [2.24, 2.45) is 0 Å². The van der Waals surface area contributed by atoms with Crippen LogP contribution in [0.1, 0.15) is 20.3 Å². The first kappa shape index (κ1) is 9.05. The molecule has 2 atom stereocenters. The summed E-state index contributed by atoms with van der Waals surface area (Å²) in [5.74, 6) is 0. The Morgan fingerprint density at radius 2 is 2.00 bits per heavy atom. The van der Waals surface area contributed by atoms with E-state index in [0.29, 0.717) is 9.16 Å². The summed E-state index contributed by atoms with van der Waals surface area (Å²) in [7, 11) is 0. The van der Waals surface area contributed by atoms with E-state index in [9.17, 15) is 0 Å². The van der Waals surface area contributed by atoms with E-state index in [2.05, 4.69) is 39.1 Å². The fourth-order valence-corrected chi connectivity index (χ4v) is 2.25. The molecule has 0 radical (unpaired) electrons. The van der Waals surface area contributed by atoms with Gasteiger partial charge in [-0.15, -0.1) is 11.8 Å². The minimum atomic E-state index is 0.414. The van der Waals surface area contributed by atoms with Gasteiger partial charge >= 0.3 is 0 Å². The van der Waals surface area contributed by atoms with E-state index in [1.54, 1.807) is 11.8 Å². The van der Waals surface area contributed by atoms with Crippen molar-refractivity contribution in [3.05, 3.63) is 0 Å². The molecule has 0 aromatic rings. The predicted octanol–water partition coefficient (Wildman–Crippen LogP) is 2.66. The second kappa shape index (κ2) is 4.89. The summed E-state index contributed by atoms with van der Waals surface area (Å²) in [5.41, 5.74) is 0. The Balaban J connectivity index is 3.10. The Morgan fingerprint density at radius 1 is 1.50 bits per heavy atom. The minimum absolute atomic E-state index is 0.414. The van der Waals surface area contributed by atoms with Gasteiger partial charge in [-0.2, -0.15) is 25.3 Å². The smallest absolute Gasteiger partial charge is 0.0480 e. The molecule has 0 amide bonds. The van der Waals surface area contributed by atoms with Crippen LogP contribution in [-0.2, 0) is 0 Å². The second-order valence-corrected chi connectivity index (χ2v) is 5.24. The van der Waals surface area contributed by atoms with Crippen molar-refractivity contribution >= 4 is 37.0 Å². The van der Waals surface area contributed by atoms with Gasteiger partial charge in [0.05, 0.1) is 0 Å². The number of hydrogen-bond acceptors (Lipinski definition) is 3. The normalized spacial score (nSPS) is 18.0. The summed E-state index contributed by atoms with van der Waals surface area (Å²) >= 11 is 10.3. The third kappa shape index (κ3) is 5.19. The van der Waals surface area contributed by atoms with E-state index in [1.165, 1.54) is 0 Å². The van der Waals surface area contributed by atoms with E-state index in [0.717, 1.165) is 6.42 Å². The fourth-order valence-electron chi connectivity index (χ4n) is 0.324. The van der Waals surface area contributed by atoms with Gasteiger partial charge in [-0.05, 0) is 13.3 Å². The summed E-state index contributed by atoms with van der Waals surface area (Å²) in [6.07, 6.45) is 1.11. The van der Waals surface area contributed by atoms with Crippen molar-refractivity contribution < 1.29 is 0 Å². The van der Waals surface area contributed by atoms with E-state index in [1.807, 2.05) is 0 Å². The molecule has 0 aromatic carbocycles. The number of thiol groups is 2. The molecular weight excluding hydrogens is 156 g/mol. The van der Waals surface area contributed by atoms with Crippen LogP contribution in [0.15, 0.2) is 0 Å². The third-order valence-electron chi connectivity index (χ3n) is 0.703. The van der Waals surface area contributed by atoms with Crippen molar-refractivity contribution in [3.63, 3.8) is 0 Å². The van der Waals surface area contributed by atoms with Crippen molar-refractivity contribution in [3.8, 4) is 0 Å². The SMILES string of the molecule is CCC(S)SC(C)S. The van der Waals surface area contributed by atoms with Crippen molar-refractivity contribution in [2.75, 3.05) is 0 Å². The highest BCUT2D eigenvalue weighted by atomic mass is 32.2. The topological polar surface area (TPSA) is 0 Å². The van der Waals surface area contributed by atoms with Gasteiger partial charge in [0, 0.05) is 9.16 Å². The number of rotatable bonds is 3. The molecule has 0 N–H and O–H groups in total. The summed E-state index contributed by atoms with van der Waals surface area (Å²) in [4.78, 5) is 0. The minimum Gasteiger partial charge on any atom is -0.165 e. The third-order valence-corrected chi connectivity index (χ3v) is 2.84. The molecule has 0 heterocycles. The highest BCUT2D eigenvalue weighted by Gasteiger charge is 2.01. The van der Waals surface area contributed by atoms with Crippen molar-refractivity contribution in [2.45, 2.75) is 29.4 Å². The van der Waals surface area contributed by atoms with E-state index < -0.39 is 0 Å². The lowest BCUT2D eigenvalue weighted by molar-refractivity contribution is 1.06. The van der Waals surface area contributed by atoms with Gasteiger partial charge in [0.1, 0.15) is 0 Å². The molecule has 0 aromatic heterocycles. The van der Waals surface area contributed by atoms with Crippen LogP contribution in [0.25, 0.3) is 0 Å². The van der Waals surface area contributed by atoms with Crippen LogP contribution in [0.4, 0.5) is 0 Å². The van der Waals surface area contributed by atoms with Crippen molar-refractivity contribution in [1.29, 1.82) is 0 Å². The second-order valence-electron chi connectivity index (χ2n) is 1.60. The molecule has 0 aliphatic rings. The van der Waals surface area contributed by atoms with Crippen LogP contribution in [0.5, 0.6) is 0 Å². The van der Waals surface area contributed by atoms with Crippen molar-refractivity contribution in [1.82, 2.24) is 0 Å². The van der Waals surface area contributed by atoms with Gasteiger partial charge in [-0.25, -0.2) is 0 Å². The first-order chi connectivity index (χ1) is 3.66. The van der Waals surface area contributed by atoms with Gasteiger partial charge in [0.25, 0.3) is 0 Å². The maximum absolute atomic E-state index is 4.28. The van der Waals surface area contributed by atoms with Gasteiger partial charge in [-0.1, -0.05) is 6.92 Å². The van der Waals surface area contributed by atoms with Crippen LogP contribution in [0.3, 0.4) is 0 Å². The molecule has 0 fully saturated rings. The first-order valence-corrected chi connectivity index (χ1v) is 4.66. The Labute approximate surface area is 66.6 Å². The fraction of sp³-hybridized carbons (Fsp3) is 1.00. The first-order valence-electron chi connectivity index (χ1n) is 2.68. The van der Waals surface area contributed by atoms with Gasteiger partial charge in [0.15, 0.2) is 0 Å². The zero-order valence-corrected chi connectivity index (χ0v) is 7.77. The molecule has 50 valence electrons. The predicted molar refractivity (Wildman–Crippen MR) is 49.1 cm³/mol. The van der Waals surface area contributed by atoms with E-state index in [-0.39, 0.29) is 0 Å². The zero-order chi connectivity index (χ0) is 6.57. The Morgan fingerprint density at radius 3 is 2.12 bits per heavy atom. The maximum atomic E-state index is 4.28. The van der Waals surface area contributed by atoms with Crippen LogP contribution in [0, 0.1) is 0 Å². The average Bonchev–Trinajstić information content (AvgIpc) is 1.65. The van der Waals surface area contributed by atoms with Crippen LogP contribution in [-0.4, -0.2) is 9.16 Å². The molecular formula is C5H12S3. The quantitative estimate of drug-likeness (QED) is 0.482. The summed E-state index contributed by atoms with van der Waals surface area (Å²) < 4.78 is 0.875. The van der Waals surface area contributed by atoms with Gasteiger partial charge in [0.2, 0.25) is 0 Å². The molecule has 0 saturated carbocycles. The summed E-state index contributed by atoms with van der Waals surface area (Å²) in [6, 6.07) is 0. The van der Waals surface area contributed by atoms with Crippen LogP contribution >= 0.6 is 37.0 Å². The molecule has 8 heavy (non-hydrogen) atoms. The Kier molecular flexibility index (Phi) is 5.53. The lowest BCUT2D eigenvalue weighted by Gasteiger charge is -2.08. The highest BCUT2D eigenvalue weighted by Crippen LogP contribution is 2.24. The molecule has 0 spiro atoms. The van der Waals surface area contributed by atoms with Gasteiger partial charge < -0.3 is 0 Å². The Hall–Kier alpha value is 1.05. The maximum Gasteiger partial charge on any atom is 0.0480 e. The lowest BCUT2D eigenvalue weighted by atomic mass is 10.6. The molecule has 0 nitrogen and oxygen atoms in total. The van der Waals surface area contributed by atoms with E-state index >= 15 is 0 Å².